The molecule has 0 radical (unpaired) electrons. The van der Waals surface area contributed by atoms with Crippen LogP contribution in [0.5, 0.6) is 5.75 Å². The molecule has 1 aromatic rings. The minimum atomic E-state index is -0.664. The molecule has 19 heavy (non-hydrogen) atoms. The fourth-order valence-corrected chi connectivity index (χ4v) is 1.93. The number of nitrogens with two attached hydrogens (primary N) is 1. The van der Waals surface area contributed by atoms with Crippen molar-refractivity contribution in [2.24, 2.45) is 5.73 Å². The maximum atomic E-state index is 9.88. The van der Waals surface area contributed by atoms with Gasteiger partial charge in [-0.15, -0.1) is 0 Å². The molecule has 0 fully saturated rings. The molecular formula is C15H26N2O2. The Balaban J connectivity index is 2.82. The molecule has 0 aromatic heterocycles. The number of benzene rings is 1. The molecule has 0 aliphatic rings. The summed E-state index contributed by atoms with van der Waals surface area (Å²) < 4.78 is 5.40. The molecular weight excluding hydrogens is 240 g/mol. The number of rotatable bonds is 8. The van der Waals surface area contributed by atoms with Crippen molar-refractivity contribution in [2.75, 3.05) is 31.6 Å². The lowest BCUT2D eigenvalue weighted by molar-refractivity contribution is 0.0730. The van der Waals surface area contributed by atoms with Crippen molar-refractivity contribution in [1.82, 2.24) is 0 Å². The first-order chi connectivity index (χ1) is 8.98. The first-order valence-corrected chi connectivity index (χ1v) is 6.78. The molecule has 1 aromatic carbocycles. The maximum absolute atomic E-state index is 9.88. The van der Waals surface area contributed by atoms with E-state index < -0.39 is 5.60 Å². The van der Waals surface area contributed by atoms with Gasteiger partial charge in [0, 0.05) is 13.1 Å². The van der Waals surface area contributed by atoms with Crippen LogP contribution in [0.4, 0.5) is 5.69 Å². The summed E-state index contributed by atoms with van der Waals surface area (Å²) >= 11 is 0. The average molecular weight is 266 g/mol. The van der Waals surface area contributed by atoms with Crippen LogP contribution in [0, 0.1) is 0 Å². The molecule has 0 unspecified atom stereocenters. The second-order valence-electron chi connectivity index (χ2n) is 5.36. The van der Waals surface area contributed by atoms with Gasteiger partial charge in [-0.05, 0) is 45.4 Å². The molecule has 0 spiro atoms. The third kappa shape index (κ3) is 5.49. The number of para-hydroxylation sites is 2. The van der Waals surface area contributed by atoms with Crippen molar-refractivity contribution < 1.29 is 9.84 Å². The molecule has 4 nitrogen and oxygen atoms in total. The van der Waals surface area contributed by atoms with E-state index in [0.29, 0.717) is 13.0 Å². The SMILES string of the molecule is COc1ccccc1N(CCCN)CCC(C)(C)O. The number of ether oxygens (including phenoxy) is 1. The molecule has 0 aliphatic carbocycles. The Kier molecular flexibility index (Phi) is 6.12. The summed E-state index contributed by atoms with van der Waals surface area (Å²) in [5, 5.41) is 9.88. The number of nitrogens with zero attached hydrogens (tertiary/aromatic N) is 1. The summed E-state index contributed by atoms with van der Waals surface area (Å²) in [5.74, 6) is 0.857. The van der Waals surface area contributed by atoms with Crippen molar-refractivity contribution in [3.05, 3.63) is 24.3 Å². The molecule has 0 aliphatic heterocycles. The van der Waals surface area contributed by atoms with Crippen LogP contribution in [0.3, 0.4) is 0 Å². The van der Waals surface area contributed by atoms with Crippen LogP contribution in [0.15, 0.2) is 24.3 Å². The van der Waals surface area contributed by atoms with Crippen LogP contribution >= 0.6 is 0 Å². The minimum Gasteiger partial charge on any atom is -0.495 e. The molecule has 4 heteroatoms. The van der Waals surface area contributed by atoms with Crippen molar-refractivity contribution in [3.8, 4) is 5.75 Å². The lowest BCUT2D eigenvalue weighted by Gasteiger charge is -2.29. The zero-order valence-corrected chi connectivity index (χ0v) is 12.2. The highest BCUT2D eigenvalue weighted by Gasteiger charge is 2.17. The van der Waals surface area contributed by atoms with Gasteiger partial charge in [0.2, 0.25) is 0 Å². The monoisotopic (exact) mass is 266 g/mol. The van der Waals surface area contributed by atoms with E-state index in [9.17, 15) is 5.11 Å². The minimum absolute atomic E-state index is 0.661. The largest absolute Gasteiger partial charge is 0.495 e. The van der Waals surface area contributed by atoms with Gasteiger partial charge in [0.15, 0.2) is 0 Å². The standard InChI is InChI=1S/C15H26N2O2/c1-15(2,18)9-12-17(11-6-10-16)13-7-4-5-8-14(13)19-3/h4-5,7-8,18H,6,9-12,16H2,1-3H3. The van der Waals surface area contributed by atoms with Crippen LogP contribution in [0.1, 0.15) is 26.7 Å². The predicted molar refractivity (Wildman–Crippen MR) is 79.8 cm³/mol. The zero-order chi connectivity index (χ0) is 14.3. The van der Waals surface area contributed by atoms with Crippen molar-refractivity contribution >= 4 is 5.69 Å². The molecule has 1 rings (SSSR count). The van der Waals surface area contributed by atoms with Crippen LogP contribution in [-0.2, 0) is 0 Å². The molecule has 0 amide bonds. The van der Waals surface area contributed by atoms with Gasteiger partial charge in [0.05, 0.1) is 18.4 Å². The van der Waals surface area contributed by atoms with Gasteiger partial charge < -0.3 is 20.5 Å². The molecule has 0 bridgehead atoms. The highest BCUT2D eigenvalue weighted by atomic mass is 16.5. The van der Waals surface area contributed by atoms with Crippen LogP contribution in [0.2, 0.25) is 0 Å². The molecule has 0 saturated carbocycles. The Morgan fingerprint density at radius 2 is 1.95 bits per heavy atom. The summed E-state index contributed by atoms with van der Waals surface area (Å²) in [6.07, 6.45) is 1.62. The average Bonchev–Trinajstić information content (AvgIpc) is 2.38. The first-order valence-electron chi connectivity index (χ1n) is 6.78. The summed E-state index contributed by atoms with van der Waals surface area (Å²) in [6, 6.07) is 7.95. The van der Waals surface area contributed by atoms with Gasteiger partial charge in [-0.2, -0.15) is 0 Å². The summed E-state index contributed by atoms with van der Waals surface area (Å²) in [4.78, 5) is 2.23. The Morgan fingerprint density at radius 1 is 1.26 bits per heavy atom. The summed E-state index contributed by atoms with van der Waals surface area (Å²) in [7, 11) is 1.68. The van der Waals surface area contributed by atoms with Gasteiger partial charge in [-0.1, -0.05) is 12.1 Å². The zero-order valence-electron chi connectivity index (χ0n) is 12.2. The smallest absolute Gasteiger partial charge is 0.142 e. The highest BCUT2D eigenvalue weighted by molar-refractivity contribution is 5.58. The fraction of sp³-hybridized carbons (Fsp3) is 0.600. The third-order valence-electron chi connectivity index (χ3n) is 3.05. The van der Waals surface area contributed by atoms with Gasteiger partial charge in [-0.3, -0.25) is 0 Å². The van der Waals surface area contributed by atoms with E-state index in [2.05, 4.69) is 4.90 Å². The van der Waals surface area contributed by atoms with Gasteiger partial charge in [0.25, 0.3) is 0 Å². The first kappa shape index (κ1) is 15.8. The van der Waals surface area contributed by atoms with E-state index in [1.165, 1.54) is 0 Å². The van der Waals surface area contributed by atoms with Crippen LogP contribution in [-0.4, -0.2) is 37.5 Å². The number of methoxy groups -OCH3 is 1. The van der Waals surface area contributed by atoms with Crippen molar-refractivity contribution in [2.45, 2.75) is 32.3 Å². The van der Waals surface area contributed by atoms with Crippen molar-refractivity contribution in [3.63, 3.8) is 0 Å². The lowest BCUT2D eigenvalue weighted by atomic mass is 10.1. The topological polar surface area (TPSA) is 58.7 Å². The van der Waals surface area contributed by atoms with E-state index in [1.54, 1.807) is 7.11 Å². The Morgan fingerprint density at radius 3 is 2.53 bits per heavy atom. The summed E-state index contributed by atoms with van der Waals surface area (Å²) in [6.45, 7) is 5.97. The van der Waals surface area contributed by atoms with Gasteiger partial charge in [0.1, 0.15) is 5.75 Å². The Bertz CT molecular complexity index is 375. The van der Waals surface area contributed by atoms with E-state index in [0.717, 1.165) is 30.9 Å². The summed E-state index contributed by atoms with van der Waals surface area (Å²) in [5.41, 5.74) is 5.99. The molecule has 3 N–H and O–H groups in total. The second kappa shape index (κ2) is 7.36. The number of aliphatic hydroxyl groups is 1. The van der Waals surface area contributed by atoms with Gasteiger partial charge in [-0.25, -0.2) is 0 Å². The van der Waals surface area contributed by atoms with E-state index in [4.69, 9.17) is 10.5 Å². The Hall–Kier alpha value is -1.26. The van der Waals surface area contributed by atoms with Crippen LogP contribution in [0.25, 0.3) is 0 Å². The lowest BCUT2D eigenvalue weighted by Crippen LogP contribution is -2.32. The van der Waals surface area contributed by atoms with E-state index in [-0.39, 0.29) is 0 Å². The molecule has 108 valence electrons. The Labute approximate surface area is 116 Å². The third-order valence-corrected chi connectivity index (χ3v) is 3.05. The predicted octanol–water partition coefficient (Wildman–Crippen LogP) is 2.01. The number of hydrogen-bond acceptors (Lipinski definition) is 4. The van der Waals surface area contributed by atoms with E-state index >= 15 is 0 Å². The highest BCUT2D eigenvalue weighted by Crippen LogP contribution is 2.28. The second-order valence-corrected chi connectivity index (χ2v) is 5.36. The maximum Gasteiger partial charge on any atom is 0.142 e. The molecule has 0 atom stereocenters. The van der Waals surface area contributed by atoms with Crippen LogP contribution < -0.4 is 15.4 Å². The van der Waals surface area contributed by atoms with Crippen molar-refractivity contribution in [1.29, 1.82) is 0 Å². The molecule has 0 saturated heterocycles. The molecule has 0 heterocycles. The normalized spacial score (nSPS) is 11.4. The van der Waals surface area contributed by atoms with Gasteiger partial charge >= 0.3 is 0 Å². The quantitative estimate of drug-likeness (QED) is 0.755. The number of hydrogen-bond donors (Lipinski definition) is 2. The van der Waals surface area contributed by atoms with E-state index in [1.807, 2.05) is 38.1 Å². The fourth-order valence-electron chi connectivity index (χ4n) is 1.93. The number of anilines is 1.